The summed E-state index contributed by atoms with van der Waals surface area (Å²) in [7, 11) is 0. The molecule has 1 saturated carbocycles. The van der Waals surface area contributed by atoms with Gasteiger partial charge in [0.1, 0.15) is 18.1 Å². The maximum Gasteiger partial charge on any atom is 0.247 e. The Hall–Kier alpha value is -3.56. The Morgan fingerprint density at radius 3 is 2.70 bits per heavy atom. The minimum absolute atomic E-state index is 0.0392. The highest BCUT2D eigenvalue weighted by Crippen LogP contribution is 2.18. The van der Waals surface area contributed by atoms with Crippen LogP contribution in [-0.4, -0.2) is 49.5 Å². The van der Waals surface area contributed by atoms with Crippen molar-refractivity contribution in [2.45, 2.75) is 58.2 Å². The molecule has 1 aliphatic rings. The summed E-state index contributed by atoms with van der Waals surface area (Å²) >= 11 is 0. The fraction of sp³-hybridized carbons (Fsp3) is 0.435. The molecule has 33 heavy (non-hydrogen) atoms. The summed E-state index contributed by atoms with van der Waals surface area (Å²) < 4.78 is 19.7. The summed E-state index contributed by atoms with van der Waals surface area (Å²) in [5.41, 5.74) is 0.328. The average molecular weight is 455 g/mol. The number of rotatable bonds is 8. The van der Waals surface area contributed by atoms with Gasteiger partial charge in [-0.15, -0.1) is 10.2 Å². The number of hydrogen-bond acceptors (Lipinski definition) is 6. The van der Waals surface area contributed by atoms with Crippen LogP contribution in [0.15, 0.2) is 40.8 Å². The molecule has 0 spiro atoms. The highest BCUT2D eigenvalue weighted by atomic mass is 19.1. The van der Waals surface area contributed by atoms with Crippen molar-refractivity contribution in [2.75, 3.05) is 6.54 Å². The summed E-state index contributed by atoms with van der Waals surface area (Å²) in [5.74, 6) is 0.296. The van der Waals surface area contributed by atoms with Crippen molar-refractivity contribution in [1.29, 1.82) is 0 Å². The molecule has 4 rings (SSSR count). The van der Waals surface area contributed by atoms with Crippen molar-refractivity contribution in [1.82, 2.24) is 30.4 Å². The number of tetrazole rings is 1. The molecular weight excluding hydrogens is 427 g/mol. The zero-order chi connectivity index (χ0) is 23.2. The van der Waals surface area contributed by atoms with Gasteiger partial charge in [-0.3, -0.25) is 9.59 Å². The van der Waals surface area contributed by atoms with E-state index in [0.717, 1.165) is 30.5 Å². The van der Waals surface area contributed by atoms with E-state index >= 15 is 0 Å². The molecule has 0 radical (unpaired) electrons. The van der Waals surface area contributed by atoms with Crippen LogP contribution < -0.4 is 5.32 Å². The van der Waals surface area contributed by atoms with Crippen LogP contribution in [0.5, 0.6) is 0 Å². The number of furan rings is 1. The fourth-order valence-corrected chi connectivity index (χ4v) is 3.94. The largest absolute Gasteiger partial charge is 0.458 e. The lowest BCUT2D eigenvalue weighted by molar-refractivity contribution is -0.137. The molecule has 1 N–H and O–H groups in total. The molecule has 10 heteroatoms. The van der Waals surface area contributed by atoms with Crippen LogP contribution in [0.2, 0.25) is 0 Å². The van der Waals surface area contributed by atoms with Gasteiger partial charge in [-0.25, -0.2) is 4.39 Å². The molecule has 0 atom stereocenters. The number of benzene rings is 1. The molecule has 1 aliphatic carbocycles. The molecule has 9 nitrogen and oxygen atoms in total. The molecule has 2 heterocycles. The van der Waals surface area contributed by atoms with Gasteiger partial charge >= 0.3 is 0 Å². The fourth-order valence-electron chi connectivity index (χ4n) is 3.94. The van der Waals surface area contributed by atoms with Gasteiger partial charge in [0, 0.05) is 18.2 Å². The predicted molar refractivity (Wildman–Crippen MR) is 117 cm³/mol. The van der Waals surface area contributed by atoms with Gasteiger partial charge in [-0.1, -0.05) is 37.5 Å². The third kappa shape index (κ3) is 6.03. The first kappa shape index (κ1) is 22.6. The Morgan fingerprint density at radius 1 is 1.18 bits per heavy atom. The highest BCUT2D eigenvalue weighted by Gasteiger charge is 2.23. The predicted octanol–water partition coefficient (Wildman–Crippen LogP) is 2.86. The number of hydrogen-bond donors (Lipinski definition) is 1. The molecule has 0 bridgehead atoms. The monoisotopic (exact) mass is 454 g/mol. The third-order valence-electron chi connectivity index (χ3n) is 5.67. The summed E-state index contributed by atoms with van der Waals surface area (Å²) in [5, 5.41) is 15.0. The molecule has 3 aromatic rings. The number of carbonyl (C=O) groups excluding carboxylic acids is 2. The number of halogens is 1. The standard InChI is InChI=1S/C23H27FN6O3/c1-16-11-12-20(33-16)23-26-28-30(27-23)15-22(32)29(13-17-7-5-6-10-19(17)24)14-21(31)25-18-8-3-2-4-9-18/h5-7,10-12,18H,2-4,8-9,13-15H2,1H3,(H,25,31). The van der Waals surface area contributed by atoms with Gasteiger partial charge in [0.25, 0.3) is 0 Å². The van der Waals surface area contributed by atoms with E-state index in [2.05, 4.69) is 20.7 Å². The van der Waals surface area contributed by atoms with E-state index in [-0.39, 0.29) is 37.4 Å². The second-order valence-corrected chi connectivity index (χ2v) is 8.30. The molecule has 1 aromatic carbocycles. The zero-order valence-electron chi connectivity index (χ0n) is 18.5. The van der Waals surface area contributed by atoms with Crippen LogP contribution in [-0.2, 0) is 22.7 Å². The molecular formula is C23H27FN6O3. The maximum absolute atomic E-state index is 14.3. The molecule has 0 unspecified atom stereocenters. The van der Waals surface area contributed by atoms with Crippen LogP contribution in [0.4, 0.5) is 4.39 Å². The van der Waals surface area contributed by atoms with Gasteiger partial charge in [-0.2, -0.15) is 4.80 Å². The number of nitrogens with one attached hydrogen (secondary N) is 1. The van der Waals surface area contributed by atoms with E-state index in [1.807, 2.05) is 0 Å². The molecule has 1 fully saturated rings. The van der Waals surface area contributed by atoms with Crippen LogP contribution in [0.25, 0.3) is 11.6 Å². The number of nitrogens with zero attached hydrogens (tertiary/aromatic N) is 5. The van der Waals surface area contributed by atoms with Crippen molar-refractivity contribution in [3.8, 4) is 11.6 Å². The lowest BCUT2D eigenvalue weighted by Gasteiger charge is -2.26. The summed E-state index contributed by atoms with van der Waals surface area (Å²) in [6.07, 6.45) is 5.21. The van der Waals surface area contributed by atoms with E-state index in [4.69, 9.17) is 4.42 Å². The smallest absolute Gasteiger partial charge is 0.247 e. The zero-order valence-corrected chi connectivity index (χ0v) is 18.5. The third-order valence-corrected chi connectivity index (χ3v) is 5.67. The highest BCUT2D eigenvalue weighted by molar-refractivity contribution is 5.84. The van der Waals surface area contributed by atoms with Gasteiger partial charge in [-0.05, 0) is 43.2 Å². The van der Waals surface area contributed by atoms with Gasteiger partial charge in [0.2, 0.25) is 17.6 Å². The Morgan fingerprint density at radius 2 is 1.97 bits per heavy atom. The van der Waals surface area contributed by atoms with Crippen molar-refractivity contribution in [2.24, 2.45) is 0 Å². The van der Waals surface area contributed by atoms with Crippen LogP contribution in [0.1, 0.15) is 43.4 Å². The number of amides is 2. The van der Waals surface area contributed by atoms with Gasteiger partial charge in [0.15, 0.2) is 5.76 Å². The molecule has 2 amide bonds. The summed E-state index contributed by atoms with van der Waals surface area (Å²) in [6, 6.07) is 9.82. The topological polar surface area (TPSA) is 106 Å². The van der Waals surface area contributed by atoms with Crippen LogP contribution in [0.3, 0.4) is 0 Å². The molecule has 0 saturated heterocycles. The number of aromatic nitrogens is 4. The van der Waals surface area contributed by atoms with E-state index in [0.29, 0.717) is 17.1 Å². The van der Waals surface area contributed by atoms with Crippen LogP contribution >= 0.6 is 0 Å². The Kier molecular flexibility index (Phi) is 7.11. The quantitative estimate of drug-likeness (QED) is 0.561. The SMILES string of the molecule is Cc1ccc(-c2nnn(CC(=O)N(CC(=O)NC3CCCCC3)Cc3ccccc3F)n2)o1. The number of aryl methyl sites for hydroxylation is 1. The Labute approximate surface area is 190 Å². The lowest BCUT2D eigenvalue weighted by Crippen LogP contribution is -2.45. The van der Waals surface area contributed by atoms with E-state index < -0.39 is 11.7 Å². The minimum Gasteiger partial charge on any atom is -0.458 e. The first-order valence-electron chi connectivity index (χ1n) is 11.1. The van der Waals surface area contributed by atoms with E-state index in [9.17, 15) is 14.0 Å². The lowest BCUT2D eigenvalue weighted by atomic mass is 9.95. The van der Waals surface area contributed by atoms with Crippen molar-refractivity contribution >= 4 is 11.8 Å². The second-order valence-electron chi connectivity index (χ2n) is 8.30. The molecule has 2 aromatic heterocycles. The minimum atomic E-state index is -0.433. The van der Waals surface area contributed by atoms with Gasteiger partial charge in [0.05, 0.1) is 6.54 Å². The summed E-state index contributed by atoms with van der Waals surface area (Å²) in [4.78, 5) is 28.2. The first-order chi connectivity index (χ1) is 16.0. The first-order valence-corrected chi connectivity index (χ1v) is 11.1. The molecule has 0 aliphatic heterocycles. The summed E-state index contributed by atoms with van der Waals surface area (Å²) in [6.45, 7) is 1.35. The van der Waals surface area contributed by atoms with E-state index in [1.165, 1.54) is 17.4 Å². The van der Waals surface area contributed by atoms with Crippen molar-refractivity contribution < 1.29 is 18.4 Å². The normalized spacial score (nSPS) is 14.2. The van der Waals surface area contributed by atoms with E-state index in [1.54, 1.807) is 37.3 Å². The van der Waals surface area contributed by atoms with Crippen LogP contribution in [0, 0.1) is 12.7 Å². The Balaban J connectivity index is 1.45. The maximum atomic E-state index is 14.3. The van der Waals surface area contributed by atoms with Gasteiger partial charge < -0.3 is 14.6 Å². The average Bonchev–Trinajstić information content (AvgIpc) is 3.44. The molecule has 174 valence electrons. The van der Waals surface area contributed by atoms with Crippen molar-refractivity contribution in [3.05, 3.63) is 53.5 Å². The second kappa shape index (κ2) is 10.4. The number of carbonyl (C=O) groups is 2. The van der Waals surface area contributed by atoms with Crippen molar-refractivity contribution in [3.63, 3.8) is 0 Å². The Bertz CT molecular complexity index is 1110.